The van der Waals surface area contributed by atoms with E-state index in [1.807, 2.05) is 0 Å². The van der Waals surface area contributed by atoms with Gasteiger partial charge in [-0.1, -0.05) is 8.44 Å². The zero-order chi connectivity index (χ0) is 15.2. The molecule has 3 atom stereocenters. The number of rotatable bonds is 7. The Labute approximate surface area is 122 Å². The van der Waals surface area contributed by atoms with E-state index in [1.54, 1.807) is 0 Å². The first kappa shape index (κ1) is 17.6. The minimum Gasteiger partial charge on any atom is -0.459 e. The summed E-state index contributed by atoms with van der Waals surface area (Å²) in [4.78, 5) is 22.8. The maximum Gasteiger partial charge on any atom is 0.317 e. The van der Waals surface area contributed by atoms with Crippen LogP contribution in [-0.4, -0.2) is 62.4 Å². The van der Waals surface area contributed by atoms with Crippen molar-refractivity contribution in [1.82, 2.24) is 0 Å². The van der Waals surface area contributed by atoms with Crippen LogP contribution in [0.1, 0.15) is 6.42 Å². The lowest BCUT2D eigenvalue weighted by Gasteiger charge is -2.14. The normalized spacial score (nSPS) is 22.2. The molecule has 3 unspecified atom stereocenters. The average Bonchev–Trinajstić information content (AvgIpc) is 2.67. The molecule has 1 heterocycles. The number of carbonyl (C=O) groups is 2. The molecule has 116 valence electrons. The number of carbonyl (C=O) groups excluding carboxylic acids is 2. The Kier molecular flexibility index (Phi) is 7.18. The zero-order valence-corrected chi connectivity index (χ0v) is 13.2. The zero-order valence-electron chi connectivity index (χ0n) is 10.4. The van der Waals surface area contributed by atoms with E-state index in [2.05, 4.69) is 12.6 Å². The molecule has 0 saturated carbocycles. The van der Waals surface area contributed by atoms with Crippen LogP contribution in [0, 0.1) is 0 Å². The van der Waals surface area contributed by atoms with Gasteiger partial charge in [0.25, 0.3) is 10.1 Å². The molecule has 0 aromatic rings. The summed E-state index contributed by atoms with van der Waals surface area (Å²) < 4.78 is 36.0. The van der Waals surface area contributed by atoms with Crippen LogP contribution in [0.25, 0.3) is 0 Å². The van der Waals surface area contributed by atoms with Gasteiger partial charge in [0.15, 0.2) is 0 Å². The summed E-state index contributed by atoms with van der Waals surface area (Å²) >= 11 is 1.30. The Morgan fingerprint density at radius 2 is 2.15 bits per heavy atom. The van der Waals surface area contributed by atoms with E-state index in [-0.39, 0.29) is 13.2 Å². The van der Waals surface area contributed by atoms with Gasteiger partial charge in [0, 0.05) is 5.75 Å². The minimum absolute atomic E-state index is 0.244. The van der Waals surface area contributed by atoms with E-state index < -0.39 is 46.4 Å². The second kappa shape index (κ2) is 8.14. The lowest BCUT2D eigenvalue weighted by atomic mass is 10.4. The third-order valence-corrected chi connectivity index (χ3v) is 4.61. The molecular weight excluding hydrogens is 331 g/mol. The molecule has 1 N–H and O–H groups in total. The average molecular weight is 346 g/mol. The number of aliphatic hydroxyl groups is 1. The van der Waals surface area contributed by atoms with Crippen LogP contribution in [0.3, 0.4) is 0 Å². The van der Waals surface area contributed by atoms with Crippen molar-refractivity contribution in [2.75, 3.05) is 24.7 Å². The summed E-state index contributed by atoms with van der Waals surface area (Å²) in [6.45, 7) is -0.594. The molecule has 8 nitrogen and oxygen atoms in total. The van der Waals surface area contributed by atoms with E-state index in [4.69, 9.17) is 14.6 Å². The van der Waals surface area contributed by atoms with Crippen LogP contribution in [0.4, 0.5) is 0 Å². The first-order valence-corrected chi connectivity index (χ1v) is 9.59. The van der Waals surface area contributed by atoms with Gasteiger partial charge < -0.3 is 14.6 Å². The van der Waals surface area contributed by atoms with Crippen LogP contribution in [-0.2, 0) is 33.4 Å². The first-order chi connectivity index (χ1) is 9.36. The van der Waals surface area contributed by atoms with Gasteiger partial charge in [0.05, 0.1) is 6.61 Å². The summed E-state index contributed by atoms with van der Waals surface area (Å²) in [7, 11) is -1.28. The van der Waals surface area contributed by atoms with Crippen LogP contribution < -0.4 is 0 Å². The predicted octanol–water partition coefficient (Wildman–Crippen LogP) is -0.924. The molecule has 0 aliphatic carbocycles. The topological polar surface area (TPSA) is 116 Å². The number of esters is 2. The first-order valence-electron chi connectivity index (χ1n) is 5.55. The van der Waals surface area contributed by atoms with Crippen LogP contribution in [0.2, 0.25) is 0 Å². The summed E-state index contributed by atoms with van der Waals surface area (Å²) in [5.41, 5.74) is 0. The third kappa shape index (κ3) is 6.36. The largest absolute Gasteiger partial charge is 0.459 e. The van der Waals surface area contributed by atoms with Crippen molar-refractivity contribution in [2.24, 2.45) is 0 Å². The van der Waals surface area contributed by atoms with Gasteiger partial charge in [-0.25, -0.2) is 0 Å². The van der Waals surface area contributed by atoms with E-state index in [1.165, 1.54) is 11.4 Å². The second-order valence-corrected chi connectivity index (χ2v) is 7.28. The van der Waals surface area contributed by atoms with Crippen molar-refractivity contribution >= 4 is 41.9 Å². The lowest BCUT2D eigenvalue weighted by molar-refractivity contribution is -0.160. The Bertz CT molecular complexity index is 451. The molecule has 1 saturated heterocycles. The maximum atomic E-state index is 11.4. The molecule has 0 spiro atoms. The van der Waals surface area contributed by atoms with Crippen molar-refractivity contribution < 1.29 is 36.8 Å². The number of hydrogen-bond acceptors (Lipinski definition) is 9. The fraction of sp³-hybridized carbons (Fsp3) is 0.778. The molecule has 0 aromatic carbocycles. The van der Waals surface area contributed by atoms with Gasteiger partial charge in [-0.2, -0.15) is 8.42 Å². The van der Waals surface area contributed by atoms with E-state index in [0.717, 1.165) is 0 Å². The highest BCUT2D eigenvalue weighted by Crippen LogP contribution is 2.14. The monoisotopic (exact) mass is 346 g/mol. The van der Waals surface area contributed by atoms with Crippen molar-refractivity contribution in [3.8, 4) is 0 Å². The summed E-state index contributed by atoms with van der Waals surface area (Å²) in [6.07, 6.45) is -2.25. The standard InChI is InChI=1S/C9H15O8PS2/c10-2-6(4-19-18)16-8(11)1-9(12)17-7-3-15-20(13,14)5-7/h6-7,10H,1-5,18H2. The summed E-state index contributed by atoms with van der Waals surface area (Å²) in [5, 5.41) is 8.93. The molecule has 11 heteroatoms. The van der Waals surface area contributed by atoms with Crippen molar-refractivity contribution in [1.29, 1.82) is 0 Å². The Morgan fingerprint density at radius 3 is 2.65 bits per heavy atom. The van der Waals surface area contributed by atoms with Gasteiger partial charge in [-0.05, 0) is 0 Å². The fourth-order valence-corrected chi connectivity index (χ4v) is 3.48. The molecule has 20 heavy (non-hydrogen) atoms. The molecular formula is C9H15O8PS2. The van der Waals surface area contributed by atoms with E-state index in [9.17, 15) is 18.0 Å². The molecule has 0 bridgehead atoms. The Hall–Kier alpha value is -0.410. The number of ether oxygens (including phenoxy) is 2. The van der Waals surface area contributed by atoms with Gasteiger partial charge in [-0.15, -0.1) is 11.4 Å². The van der Waals surface area contributed by atoms with Gasteiger partial charge in [-0.3, -0.25) is 13.8 Å². The SMILES string of the molecule is O=C(CC(=O)OC1COS(=O)(=O)C1)OC(CO)CSP. The van der Waals surface area contributed by atoms with Gasteiger partial charge in [0.2, 0.25) is 0 Å². The summed E-state index contributed by atoms with van der Waals surface area (Å²) in [5.74, 6) is -1.78. The highest BCUT2D eigenvalue weighted by molar-refractivity contribution is 8.43. The smallest absolute Gasteiger partial charge is 0.317 e. The highest BCUT2D eigenvalue weighted by Gasteiger charge is 2.32. The molecule has 0 radical (unpaired) electrons. The van der Waals surface area contributed by atoms with Crippen LogP contribution in [0.15, 0.2) is 0 Å². The fourth-order valence-electron chi connectivity index (χ4n) is 1.38. The second-order valence-electron chi connectivity index (χ2n) is 3.93. The lowest BCUT2D eigenvalue weighted by Crippen LogP contribution is -2.28. The minimum atomic E-state index is -3.63. The van der Waals surface area contributed by atoms with E-state index in [0.29, 0.717) is 5.75 Å². The number of hydrogen-bond donors (Lipinski definition) is 1. The Morgan fingerprint density at radius 1 is 1.45 bits per heavy atom. The molecule has 1 aliphatic rings. The third-order valence-electron chi connectivity index (χ3n) is 2.19. The molecule has 0 aromatic heterocycles. The number of aliphatic hydroxyl groups excluding tert-OH is 1. The molecule has 0 amide bonds. The molecule has 1 aliphatic heterocycles. The van der Waals surface area contributed by atoms with Gasteiger partial charge in [0.1, 0.15) is 31.0 Å². The van der Waals surface area contributed by atoms with Gasteiger partial charge >= 0.3 is 11.9 Å². The van der Waals surface area contributed by atoms with Crippen molar-refractivity contribution in [2.45, 2.75) is 18.6 Å². The quantitative estimate of drug-likeness (QED) is 0.270. The van der Waals surface area contributed by atoms with E-state index >= 15 is 0 Å². The predicted molar refractivity (Wildman–Crippen MR) is 73.4 cm³/mol. The summed E-state index contributed by atoms with van der Waals surface area (Å²) in [6, 6.07) is 0. The highest BCUT2D eigenvalue weighted by atomic mass is 32.7. The van der Waals surface area contributed by atoms with Crippen molar-refractivity contribution in [3.63, 3.8) is 0 Å². The maximum absolute atomic E-state index is 11.4. The molecule has 1 rings (SSSR count). The van der Waals surface area contributed by atoms with Crippen LogP contribution in [0.5, 0.6) is 0 Å². The van der Waals surface area contributed by atoms with Crippen molar-refractivity contribution in [3.05, 3.63) is 0 Å². The Balaban J connectivity index is 2.33. The molecule has 1 fully saturated rings. The van der Waals surface area contributed by atoms with Crippen LogP contribution >= 0.6 is 19.8 Å².